The summed E-state index contributed by atoms with van der Waals surface area (Å²) >= 11 is 0. The molecule has 2 fully saturated rings. The third-order valence-corrected chi connectivity index (χ3v) is 3.95. The van der Waals surface area contributed by atoms with Gasteiger partial charge in [-0.3, -0.25) is 4.52 Å². The van der Waals surface area contributed by atoms with Gasteiger partial charge in [0.15, 0.2) is 0 Å². The van der Waals surface area contributed by atoms with E-state index in [0.29, 0.717) is 58.6 Å². The standard InChI is InChI=1S/C10H20N3O5P/c1-16-19(14,15)11-10(12-2-6-17-7-3-12)13-4-8-18-9-5-13/h2-9H2,1H3,(H,14,15). The zero-order chi connectivity index (χ0) is 13.7. The summed E-state index contributed by atoms with van der Waals surface area (Å²) < 4.78 is 30.8. The van der Waals surface area contributed by atoms with Gasteiger partial charge < -0.3 is 24.2 Å². The van der Waals surface area contributed by atoms with E-state index in [1.54, 1.807) is 0 Å². The van der Waals surface area contributed by atoms with Gasteiger partial charge in [-0.2, -0.15) is 0 Å². The van der Waals surface area contributed by atoms with Crippen molar-refractivity contribution >= 4 is 13.7 Å². The quantitative estimate of drug-likeness (QED) is 0.427. The second kappa shape index (κ2) is 6.67. The van der Waals surface area contributed by atoms with Crippen molar-refractivity contribution in [1.29, 1.82) is 0 Å². The average Bonchev–Trinajstić information content (AvgIpc) is 2.47. The normalized spacial score (nSPS) is 23.9. The first-order valence-corrected chi connectivity index (χ1v) is 7.79. The van der Waals surface area contributed by atoms with Crippen molar-refractivity contribution in [3.8, 4) is 0 Å². The van der Waals surface area contributed by atoms with E-state index in [0.717, 1.165) is 0 Å². The SMILES string of the molecule is COP(=O)(O)N=C(N1CCOCC1)N1CCOCC1. The molecule has 2 saturated heterocycles. The number of morpholine rings is 2. The van der Waals surface area contributed by atoms with E-state index in [4.69, 9.17) is 9.47 Å². The summed E-state index contributed by atoms with van der Waals surface area (Å²) in [4.78, 5) is 13.5. The van der Waals surface area contributed by atoms with Gasteiger partial charge in [-0.05, 0) is 0 Å². The van der Waals surface area contributed by atoms with Crippen LogP contribution in [0.25, 0.3) is 0 Å². The maximum atomic E-state index is 11.7. The van der Waals surface area contributed by atoms with Crippen LogP contribution >= 0.6 is 7.75 Å². The number of nitrogens with zero attached hydrogens (tertiary/aromatic N) is 3. The minimum Gasteiger partial charge on any atom is -0.378 e. The van der Waals surface area contributed by atoms with Crippen LogP contribution in [0.15, 0.2) is 4.76 Å². The van der Waals surface area contributed by atoms with Gasteiger partial charge in [0.25, 0.3) is 0 Å². The first kappa shape index (κ1) is 14.7. The molecule has 0 radical (unpaired) electrons. The Labute approximate surface area is 112 Å². The Bertz CT molecular complexity index is 346. The number of hydrogen-bond donors (Lipinski definition) is 1. The molecule has 0 aromatic carbocycles. The minimum absolute atomic E-state index is 0.499. The van der Waals surface area contributed by atoms with Gasteiger partial charge in [-0.15, -0.1) is 4.76 Å². The molecule has 1 unspecified atom stereocenters. The first-order chi connectivity index (χ1) is 9.12. The number of ether oxygens (including phenoxy) is 2. The Morgan fingerprint density at radius 3 is 1.89 bits per heavy atom. The van der Waals surface area contributed by atoms with Crippen molar-refractivity contribution in [2.24, 2.45) is 4.76 Å². The second-order valence-electron chi connectivity index (χ2n) is 4.27. The van der Waals surface area contributed by atoms with Crippen LogP contribution < -0.4 is 0 Å². The summed E-state index contributed by atoms with van der Waals surface area (Å²) in [5.41, 5.74) is 0. The van der Waals surface area contributed by atoms with Crippen LogP contribution in [-0.4, -0.2) is 80.4 Å². The van der Waals surface area contributed by atoms with Crippen LogP contribution in [0, 0.1) is 0 Å². The molecule has 0 saturated carbocycles. The van der Waals surface area contributed by atoms with E-state index >= 15 is 0 Å². The van der Waals surface area contributed by atoms with Crippen molar-refractivity contribution < 1.29 is 23.5 Å². The molecule has 1 atom stereocenters. The summed E-state index contributed by atoms with van der Waals surface area (Å²) in [7, 11) is -2.76. The molecule has 0 aromatic heterocycles. The highest BCUT2D eigenvalue weighted by atomic mass is 31.2. The van der Waals surface area contributed by atoms with E-state index in [9.17, 15) is 9.46 Å². The molecular formula is C10H20N3O5P. The molecule has 0 aromatic rings. The summed E-state index contributed by atoms with van der Waals surface area (Å²) in [5.74, 6) is 0.499. The highest BCUT2D eigenvalue weighted by Gasteiger charge is 2.27. The summed E-state index contributed by atoms with van der Waals surface area (Å²) in [6, 6.07) is 0. The highest BCUT2D eigenvalue weighted by molar-refractivity contribution is 7.51. The van der Waals surface area contributed by atoms with E-state index < -0.39 is 7.75 Å². The molecule has 2 heterocycles. The van der Waals surface area contributed by atoms with Crippen LogP contribution in [-0.2, 0) is 18.6 Å². The topological polar surface area (TPSA) is 83.8 Å². The minimum atomic E-state index is -3.94. The fraction of sp³-hybridized carbons (Fsp3) is 0.900. The molecule has 2 aliphatic rings. The van der Waals surface area contributed by atoms with Crippen LogP contribution in [0.2, 0.25) is 0 Å². The lowest BCUT2D eigenvalue weighted by molar-refractivity contribution is 0.0421. The molecular weight excluding hydrogens is 273 g/mol. The molecule has 8 nitrogen and oxygen atoms in total. The summed E-state index contributed by atoms with van der Waals surface area (Å²) in [6.45, 7) is 4.97. The molecule has 110 valence electrons. The lowest BCUT2D eigenvalue weighted by atomic mass is 10.4. The smallest absolute Gasteiger partial charge is 0.378 e. The van der Waals surface area contributed by atoms with Gasteiger partial charge in [0.2, 0.25) is 5.96 Å². The molecule has 0 spiro atoms. The van der Waals surface area contributed by atoms with Crippen molar-refractivity contribution in [3.63, 3.8) is 0 Å². The first-order valence-electron chi connectivity index (χ1n) is 6.26. The lowest BCUT2D eigenvalue weighted by Gasteiger charge is -2.38. The average molecular weight is 293 g/mol. The molecule has 0 bridgehead atoms. The van der Waals surface area contributed by atoms with Crippen molar-refractivity contribution in [3.05, 3.63) is 0 Å². The largest absolute Gasteiger partial charge is 0.454 e. The molecule has 9 heteroatoms. The van der Waals surface area contributed by atoms with Gasteiger partial charge in [0.1, 0.15) is 0 Å². The van der Waals surface area contributed by atoms with Gasteiger partial charge >= 0.3 is 7.75 Å². The van der Waals surface area contributed by atoms with Crippen molar-refractivity contribution in [1.82, 2.24) is 9.80 Å². The number of rotatable bonds is 2. The van der Waals surface area contributed by atoms with E-state index in [1.165, 1.54) is 7.11 Å². The van der Waals surface area contributed by atoms with Crippen molar-refractivity contribution in [2.45, 2.75) is 0 Å². The molecule has 1 N–H and O–H groups in total. The molecule has 0 amide bonds. The molecule has 0 aliphatic carbocycles. The fourth-order valence-electron chi connectivity index (χ4n) is 2.01. The monoisotopic (exact) mass is 293 g/mol. The predicted octanol–water partition coefficient (Wildman–Crippen LogP) is -0.246. The van der Waals surface area contributed by atoms with Crippen LogP contribution in [0.3, 0.4) is 0 Å². The van der Waals surface area contributed by atoms with E-state index in [1.807, 2.05) is 9.80 Å². The van der Waals surface area contributed by atoms with Gasteiger partial charge in [0, 0.05) is 33.3 Å². The number of hydrogen-bond acceptors (Lipinski definition) is 4. The molecule has 19 heavy (non-hydrogen) atoms. The van der Waals surface area contributed by atoms with E-state index in [2.05, 4.69) is 9.29 Å². The lowest BCUT2D eigenvalue weighted by Crippen LogP contribution is -2.52. The molecule has 2 rings (SSSR count). The zero-order valence-corrected chi connectivity index (χ0v) is 11.9. The number of guanidine groups is 1. The van der Waals surface area contributed by atoms with Crippen LogP contribution in [0.1, 0.15) is 0 Å². The third kappa shape index (κ3) is 4.15. The maximum Gasteiger partial charge on any atom is 0.454 e. The summed E-state index contributed by atoms with van der Waals surface area (Å²) in [5, 5.41) is 0. The highest BCUT2D eigenvalue weighted by Crippen LogP contribution is 2.43. The molecule has 2 aliphatic heterocycles. The second-order valence-corrected chi connectivity index (χ2v) is 5.82. The zero-order valence-electron chi connectivity index (χ0n) is 11.0. The van der Waals surface area contributed by atoms with Gasteiger partial charge in [0.05, 0.1) is 26.4 Å². The Hall–Kier alpha value is -0.660. The van der Waals surface area contributed by atoms with Gasteiger partial charge in [-0.25, -0.2) is 4.57 Å². The fourth-order valence-corrected chi connectivity index (χ4v) is 2.57. The van der Waals surface area contributed by atoms with Crippen LogP contribution in [0.4, 0.5) is 0 Å². The van der Waals surface area contributed by atoms with Crippen LogP contribution in [0.5, 0.6) is 0 Å². The Balaban J connectivity index is 2.18. The predicted molar refractivity (Wildman–Crippen MR) is 69.1 cm³/mol. The Kier molecular flexibility index (Phi) is 5.18. The Morgan fingerprint density at radius 1 is 1.11 bits per heavy atom. The summed E-state index contributed by atoms with van der Waals surface area (Å²) in [6.07, 6.45) is 0. The van der Waals surface area contributed by atoms with E-state index in [-0.39, 0.29) is 0 Å². The van der Waals surface area contributed by atoms with Gasteiger partial charge in [-0.1, -0.05) is 0 Å². The van der Waals surface area contributed by atoms with Crippen molar-refractivity contribution in [2.75, 3.05) is 59.7 Å². The third-order valence-electron chi connectivity index (χ3n) is 3.04. The Morgan fingerprint density at radius 2 is 1.53 bits per heavy atom. The maximum absolute atomic E-state index is 11.7.